The van der Waals surface area contributed by atoms with Gasteiger partial charge in [-0.25, -0.2) is 9.18 Å². The van der Waals surface area contributed by atoms with Crippen LogP contribution in [0.4, 0.5) is 18.9 Å². The van der Waals surface area contributed by atoms with Crippen molar-refractivity contribution in [2.45, 2.75) is 12.8 Å². The van der Waals surface area contributed by atoms with E-state index in [1.165, 1.54) is 13.0 Å². The van der Waals surface area contributed by atoms with E-state index in [0.29, 0.717) is 0 Å². The lowest BCUT2D eigenvalue weighted by Gasteiger charge is -2.17. The zero-order valence-corrected chi connectivity index (χ0v) is 8.47. The lowest BCUT2D eigenvalue weighted by Crippen LogP contribution is -2.30. The number of hydrogen-bond acceptors (Lipinski definition) is 3. The van der Waals surface area contributed by atoms with Gasteiger partial charge in [-0.15, -0.1) is 0 Å². The van der Waals surface area contributed by atoms with Crippen LogP contribution in [0.2, 0.25) is 0 Å². The van der Waals surface area contributed by atoms with Crippen LogP contribution in [0.5, 0.6) is 0 Å². The summed E-state index contributed by atoms with van der Waals surface area (Å²) in [5.74, 6) is -7.13. The quantitative estimate of drug-likeness (QED) is 0.642. The fourth-order valence-corrected chi connectivity index (χ4v) is 1.20. The van der Waals surface area contributed by atoms with E-state index < -0.39 is 29.0 Å². The smallest absolute Gasteiger partial charge is 0.382 e. The van der Waals surface area contributed by atoms with Crippen molar-refractivity contribution in [2.75, 3.05) is 12.3 Å². The van der Waals surface area contributed by atoms with Crippen molar-refractivity contribution in [3.63, 3.8) is 0 Å². The zero-order valence-electron chi connectivity index (χ0n) is 8.47. The molecule has 0 amide bonds. The number of esters is 1. The third kappa shape index (κ3) is 2.10. The number of nitrogens with two attached hydrogens (primary N) is 1. The molecular weight excluding hydrogens is 223 g/mol. The number of hydrogen-bond donors (Lipinski definition) is 1. The van der Waals surface area contributed by atoms with Crippen molar-refractivity contribution in [3.8, 4) is 0 Å². The highest BCUT2D eigenvalue weighted by Gasteiger charge is 2.46. The van der Waals surface area contributed by atoms with Gasteiger partial charge in [-0.3, -0.25) is 0 Å². The maximum atomic E-state index is 13.5. The second-order valence-corrected chi connectivity index (χ2v) is 3.00. The Morgan fingerprint density at radius 2 is 2.12 bits per heavy atom. The van der Waals surface area contributed by atoms with Gasteiger partial charge in [-0.2, -0.15) is 8.78 Å². The molecular formula is C10H10F3NO2. The highest BCUT2D eigenvalue weighted by Crippen LogP contribution is 2.35. The van der Waals surface area contributed by atoms with E-state index in [-0.39, 0.29) is 6.61 Å². The molecule has 0 bridgehead atoms. The number of anilines is 1. The summed E-state index contributed by atoms with van der Waals surface area (Å²) in [5.41, 5.74) is 3.58. The van der Waals surface area contributed by atoms with E-state index in [4.69, 9.17) is 5.73 Å². The number of alkyl halides is 2. The van der Waals surface area contributed by atoms with Gasteiger partial charge in [0.2, 0.25) is 0 Å². The molecule has 1 rings (SSSR count). The number of ether oxygens (including phenoxy) is 1. The van der Waals surface area contributed by atoms with Crippen LogP contribution in [0.15, 0.2) is 18.2 Å². The third-order valence-corrected chi connectivity index (χ3v) is 1.89. The molecule has 0 saturated carbocycles. The van der Waals surface area contributed by atoms with Gasteiger partial charge in [0, 0.05) is 5.69 Å². The zero-order chi connectivity index (χ0) is 12.3. The summed E-state index contributed by atoms with van der Waals surface area (Å²) in [6.07, 6.45) is 0. The number of nitrogen functional groups attached to an aromatic ring is 1. The second-order valence-electron chi connectivity index (χ2n) is 3.00. The monoisotopic (exact) mass is 233 g/mol. The Labute approximate surface area is 90.0 Å². The molecule has 2 N–H and O–H groups in total. The minimum Gasteiger partial charge on any atom is -0.461 e. The summed E-state index contributed by atoms with van der Waals surface area (Å²) < 4.78 is 44.3. The molecule has 88 valence electrons. The minimum atomic E-state index is -4.08. The van der Waals surface area contributed by atoms with Gasteiger partial charge in [0.1, 0.15) is 5.82 Å². The number of rotatable bonds is 3. The molecule has 6 heteroatoms. The van der Waals surface area contributed by atoms with E-state index in [0.717, 1.165) is 12.1 Å². The van der Waals surface area contributed by atoms with Crippen LogP contribution in [0.3, 0.4) is 0 Å². The fourth-order valence-electron chi connectivity index (χ4n) is 1.20. The molecule has 0 aliphatic carbocycles. The van der Waals surface area contributed by atoms with Crippen LogP contribution >= 0.6 is 0 Å². The van der Waals surface area contributed by atoms with E-state index >= 15 is 0 Å². The molecule has 0 aliphatic heterocycles. The average Bonchev–Trinajstić information content (AvgIpc) is 2.17. The van der Waals surface area contributed by atoms with E-state index in [1.54, 1.807) is 0 Å². The van der Waals surface area contributed by atoms with Crippen molar-refractivity contribution < 1.29 is 22.7 Å². The molecule has 0 spiro atoms. The standard InChI is InChI=1S/C10H10F3NO2/c1-2-16-9(15)10(12,13)8-6(11)4-3-5-7(8)14/h3-5H,2,14H2,1H3. The van der Waals surface area contributed by atoms with Gasteiger partial charge in [0.15, 0.2) is 0 Å². The first-order chi connectivity index (χ1) is 7.41. The van der Waals surface area contributed by atoms with E-state index in [1.807, 2.05) is 0 Å². The van der Waals surface area contributed by atoms with E-state index in [2.05, 4.69) is 4.74 Å². The van der Waals surface area contributed by atoms with Crippen molar-refractivity contribution >= 4 is 11.7 Å². The lowest BCUT2D eigenvalue weighted by molar-refractivity contribution is -0.173. The lowest BCUT2D eigenvalue weighted by atomic mass is 10.1. The molecule has 0 aromatic heterocycles. The summed E-state index contributed by atoms with van der Waals surface area (Å²) in [4.78, 5) is 11.0. The number of benzene rings is 1. The van der Waals surface area contributed by atoms with Gasteiger partial charge in [-0.05, 0) is 19.1 Å². The van der Waals surface area contributed by atoms with Crippen molar-refractivity contribution in [2.24, 2.45) is 0 Å². The van der Waals surface area contributed by atoms with Crippen LogP contribution in [0.1, 0.15) is 12.5 Å². The van der Waals surface area contributed by atoms with Gasteiger partial charge < -0.3 is 10.5 Å². The molecule has 3 nitrogen and oxygen atoms in total. The first-order valence-electron chi connectivity index (χ1n) is 4.50. The first-order valence-corrected chi connectivity index (χ1v) is 4.50. The maximum Gasteiger partial charge on any atom is 0.382 e. The maximum absolute atomic E-state index is 13.5. The number of carbonyl (C=O) groups is 1. The van der Waals surface area contributed by atoms with E-state index in [9.17, 15) is 18.0 Å². The van der Waals surface area contributed by atoms with Gasteiger partial charge >= 0.3 is 11.9 Å². The highest BCUT2D eigenvalue weighted by atomic mass is 19.3. The Morgan fingerprint density at radius 1 is 1.50 bits per heavy atom. The molecule has 0 heterocycles. The van der Waals surface area contributed by atoms with Crippen LogP contribution < -0.4 is 5.73 Å². The van der Waals surface area contributed by atoms with Gasteiger partial charge in [0.05, 0.1) is 12.2 Å². The van der Waals surface area contributed by atoms with Gasteiger partial charge in [-0.1, -0.05) is 6.07 Å². The van der Waals surface area contributed by atoms with Crippen molar-refractivity contribution in [1.82, 2.24) is 0 Å². The molecule has 1 aromatic carbocycles. The Morgan fingerprint density at radius 3 is 2.62 bits per heavy atom. The molecule has 0 radical (unpaired) electrons. The Bertz CT molecular complexity index is 387. The third-order valence-electron chi connectivity index (χ3n) is 1.89. The fraction of sp³-hybridized carbons (Fsp3) is 0.300. The van der Waals surface area contributed by atoms with Crippen LogP contribution in [0, 0.1) is 5.82 Å². The molecule has 0 aliphatic rings. The topological polar surface area (TPSA) is 52.3 Å². The summed E-state index contributed by atoms with van der Waals surface area (Å²) in [7, 11) is 0. The van der Waals surface area contributed by atoms with Crippen LogP contribution in [-0.2, 0) is 15.5 Å². The minimum absolute atomic E-state index is 0.219. The van der Waals surface area contributed by atoms with Crippen molar-refractivity contribution in [1.29, 1.82) is 0 Å². The average molecular weight is 233 g/mol. The Hall–Kier alpha value is -1.72. The molecule has 0 unspecified atom stereocenters. The van der Waals surface area contributed by atoms with Crippen LogP contribution in [-0.4, -0.2) is 12.6 Å². The number of carbonyl (C=O) groups excluding carboxylic acids is 1. The Kier molecular flexibility index (Phi) is 3.41. The molecule has 0 saturated heterocycles. The summed E-state index contributed by atoms with van der Waals surface area (Å²) in [5, 5.41) is 0. The Balaban J connectivity index is 3.21. The second kappa shape index (κ2) is 4.42. The molecule has 1 aromatic rings. The largest absolute Gasteiger partial charge is 0.461 e. The summed E-state index contributed by atoms with van der Waals surface area (Å²) >= 11 is 0. The van der Waals surface area contributed by atoms with Gasteiger partial charge in [0.25, 0.3) is 0 Å². The first kappa shape index (κ1) is 12.4. The molecule has 16 heavy (non-hydrogen) atoms. The summed E-state index contributed by atoms with van der Waals surface area (Å²) in [6, 6.07) is 3.07. The summed E-state index contributed by atoms with van der Waals surface area (Å²) in [6.45, 7) is 1.15. The predicted molar refractivity (Wildman–Crippen MR) is 51.3 cm³/mol. The van der Waals surface area contributed by atoms with Crippen LogP contribution in [0.25, 0.3) is 0 Å². The normalized spacial score (nSPS) is 11.2. The highest BCUT2D eigenvalue weighted by molar-refractivity contribution is 5.81. The number of halogens is 3. The SMILES string of the molecule is CCOC(=O)C(F)(F)c1c(N)cccc1F. The molecule has 0 fully saturated rings. The molecule has 0 atom stereocenters. The van der Waals surface area contributed by atoms with Crippen molar-refractivity contribution in [3.05, 3.63) is 29.6 Å². The predicted octanol–water partition coefficient (Wildman–Crippen LogP) is 2.06.